The molecule has 4 heterocycles. The number of amides is 2. The largest absolute Gasteiger partial charge is 0.497 e. The second-order valence-corrected chi connectivity index (χ2v) is 9.71. The number of piperidine rings is 1. The van der Waals surface area contributed by atoms with E-state index in [-0.39, 0.29) is 18.6 Å². The molecule has 37 heavy (non-hydrogen) atoms. The third-order valence-corrected chi connectivity index (χ3v) is 7.38. The third kappa shape index (κ3) is 4.42. The lowest BCUT2D eigenvalue weighted by Crippen LogP contribution is -2.45. The van der Waals surface area contributed by atoms with E-state index in [9.17, 15) is 14.7 Å². The number of hydrogen-bond donors (Lipinski definition) is 2. The molecule has 0 saturated carbocycles. The van der Waals surface area contributed by atoms with Crippen molar-refractivity contribution in [2.75, 3.05) is 50.1 Å². The van der Waals surface area contributed by atoms with E-state index >= 15 is 0 Å². The van der Waals surface area contributed by atoms with Crippen LogP contribution in [0.1, 0.15) is 18.4 Å². The Hall–Kier alpha value is -3.89. The molecule has 0 radical (unpaired) electrons. The van der Waals surface area contributed by atoms with E-state index in [1.807, 2.05) is 24.3 Å². The van der Waals surface area contributed by atoms with Gasteiger partial charge in [-0.25, -0.2) is 4.79 Å². The second kappa shape index (κ2) is 9.20. The molecule has 0 bridgehead atoms. The predicted molar refractivity (Wildman–Crippen MR) is 136 cm³/mol. The lowest BCUT2D eigenvalue weighted by molar-refractivity contribution is -0.118. The number of hydrogen-bond acceptors (Lipinski definition) is 8. The zero-order chi connectivity index (χ0) is 25.6. The van der Waals surface area contributed by atoms with Crippen molar-refractivity contribution in [2.24, 2.45) is 0 Å². The van der Waals surface area contributed by atoms with Crippen LogP contribution in [0.3, 0.4) is 0 Å². The Kier molecular flexibility index (Phi) is 5.85. The Balaban J connectivity index is 1.11. The maximum atomic E-state index is 12.6. The number of methoxy groups -OCH3 is 1. The molecule has 6 rings (SSSR count). The summed E-state index contributed by atoms with van der Waals surface area (Å²) in [7, 11) is 1.62. The molecule has 10 nitrogen and oxygen atoms in total. The summed E-state index contributed by atoms with van der Waals surface area (Å²) in [6.45, 7) is 2.30. The molecule has 2 fully saturated rings. The van der Waals surface area contributed by atoms with E-state index in [1.165, 1.54) is 0 Å². The number of nitrogens with one attached hydrogen (secondary N) is 1. The molecule has 192 valence electrons. The number of carbonyl (C=O) groups is 2. The number of aliphatic hydroxyl groups is 1. The molecule has 0 aliphatic carbocycles. The molecule has 3 aliphatic rings. The standard InChI is InChI=1S/C27H28N4O6/c1-35-18-3-4-22-20(13-18)21(6-9-28-22)27(34)7-10-30(11-8-27)14-19-15-31(26(33)37-19)17-2-5-24-23(12-17)29-25(32)16-36-24/h2-6,9,12-13,19,34H,7-8,10-11,14-16H2,1H3,(H,29,32)/t19-/m1/s1. The van der Waals surface area contributed by atoms with Crippen LogP contribution in [0.25, 0.3) is 10.9 Å². The lowest BCUT2D eigenvalue weighted by Gasteiger charge is -2.39. The Labute approximate surface area is 213 Å². The highest BCUT2D eigenvalue weighted by Gasteiger charge is 2.39. The average Bonchev–Trinajstić information content (AvgIpc) is 3.28. The fourth-order valence-electron chi connectivity index (χ4n) is 5.39. The molecular formula is C27H28N4O6. The number of ether oxygens (including phenoxy) is 3. The summed E-state index contributed by atoms with van der Waals surface area (Å²) in [4.78, 5) is 32.5. The van der Waals surface area contributed by atoms with Crippen LogP contribution in [0, 0.1) is 0 Å². The van der Waals surface area contributed by atoms with Gasteiger partial charge in [0.2, 0.25) is 0 Å². The smallest absolute Gasteiger partial charge is 0.414 e. The van der Waals surface area contributed by atoms with Crippen molar-refractivity contribution in [3.05, 3.63) is 54.2 Å². The molecule has 3 aromatic rings. The Morgan fingerprint density at radius 1 is 1.16 bits per heavy atom. The Bertz CT molecular complexity index is 1370. The van der Waals surface area contributed by atoms with Crippen molar-refractivity contribution in [1.29, 1.82) is 0 Å². The number of carbonyl (C=O) groups excluding carboxylic acids is 2. The fourth-order valence-corrected chi connectivity index (χ4v) is 5.39. The zero-order valence-electron chi connectivity index (χ0n) is 20.5. The van der Waals surface area contributed by atoms with Gasteiger partial charge in [-0.15, -0.1) is 0 Å². The van der Waals surface area contributed by atoms with Crippen molar-refractivity contribution < 1.29 is 28.9 Å². The van der Waals surface area contributed by atoms with Gasteiger partial charge in [0.15, 0.2) is 6.61 Å². The first-order valence-electron chi connectivity index (χ1n) is 12.3. The van der Waals surface area contributed by atoms with E-state index in [1.54, 1.807) is 36.4 Å². The summed E-state index contributed by atoms with van der Waals surface area (Å²) in [5.74, 6) is 1.08. The number of benzene rings is 2. The number of cyclic esters (lactones) is 1. The number of fused-ring (bicyclic) bond motifs is 2. The van der Waals surface area contributed by atoms with Crippen molar-refractivity contribution in [3.8, 4) is 11.5 Å². The van der Waals surface area contributed by atoms with Crippen LogP contribution >= 0.6 is 0 Å². The van der Waals surface area contributed by atoms with Gasteiger partial charge in [0, 0.05) is 36.9 Å². The van der Waals surface area contributed by atoms with E-state index in [4.69, 9.17) is 14.2 Å². The highest BCUT2D eigenvalue weighted by atomic mass is 16.6. The number of rotatable bonds is 5. The SMILES string of the molecule is COc1ccc2nccc(C3(O)CCN(C[C@@H]4CN(c5ccc6c(c5)NC(=O)CO6)C(=O)O4)CC3)c2c1. The van der Waals surface area contributed by atoms with Gasteiger partial charge in [0.1, 0.15) is 17.6 Å². The zero-order valence-corrected chi connectivity index (χ0v) is 20.5. The Morgan fingerprint density at radius 3 is 2.81 bits per heavy atom. The number of anilines is 2. The van der Waals surface area contributed by atoms with Gasteiger partial charge in [-0.2, -0.15) is 0 Å². The number of nitrogens with zero attached hydrogens (tertiary/aromatic N) is 3. The van der Waals surface area contributed by atoms with Crippen molar-refractivity contribution in [2.45, 2.75) is 24.5 Å². The van der Waals surface area contributed by atoms with E-state index in [2.05, 4.69) is 15.2 Å². The monoisotopic (exact) mass is 504 g/mol. The molecule has 2 N–H and O–H groups in total. The molecule has 2 aromatic carbocycles. The number of pyridine rings is 1. The van der Waals surface area contributed by atoms with Crippen LogP contribution in [-0.4, -0.2) is 73.0 Å². The van der Waals surface area contributed by atoms with Gasteiger partial charge in [0.25, 0.3) is 5.91 Å². The van der Waals surface area contributed by atoms with Gasteiger partial charge in [-0.1, -0.05) is 0 Å². The minimum Gasteiger partial charge on any atom is -0.497 e. The summed E-state index contributed by atoms with van der Waals surface area (Å²) in [5.41, 5.74) is 1.89. The van der Waals surface area contributed by atoms with Crippen molar-refractivity contribution in [3.63, 3.8) is 0 Å². The molecule has 1 atom stereocenters. The van der Waals surface area contributed by atoms with E-state index < -0.39 is 11.7 Å². The van der Waals surface area contributed by atoms with Gasteiger partial charge in [0.05, 0.1) is 30.5 Å². The van der Waals surface area contributed by atoms with Crippen LogP contribution in [-0.2, 0) is 15.1 Å². The summed E-state index contributed by atoms with van der Waals surface area (Å²) in [6.07, 6.45) is 2.13. The summed E-state index contributed by atoms with van der Waals surface area (Å²) < 4.78 is 16.4. The first-order valence-corrected chi connectivity index (χ1v) is 12.3. The van der Waals surface area contributed by atoms with E-state index in [0.29, 0.717) is 56.1 Å². The number of aromatic nitrogens is 1. The van der Waals surface area contributed by atoms with Crippen molar-refractivity contribution in [1.82, 2.24) is 9.88 Å². The maximum Gasteiger partial charge on any atom is 0.414 e. The third-order valence-electron chi connectivity index (χ3n) is 7.38. The minimum atomic E-state index is -0.974. The van der Waals surface area contributed by atoms with Gasteiger partial charge in [-0.3, -0.25) is 19.6 Å². The predicted octanol–water partition coefficient (Wildman–Crippen LogP) is 2.88. The molecule has 1 aromatic heterocycles. The van der Waals surface area contributed by atoms with Gasteiger partial charge in [-0.05, 0) is 60.9 Å². The summed E-state index contributed by atoms with van der Waals surface area (Å²) in [6, 6.07) is 12.8. The van der Waals surface area contributed by atoms with Crippen LogP contribution in [0.2, 0.25) is 0 Å². The fraction of sp³-hybridized carbons (Fsp3) is 0.370. The maximum absolute atomic E-state index is 12.6. The number of likely N-dealkylation sites (tertiary alicyclic amines) is 1. The molecule has 3 aliphatic heterocycles. The first-order chi connectivity index (χ1) is 17.9. The normalized spacial score (nSPS) is 21.2. The molecule has 10 heteroatoms. The second-order valence-electron chi connectivity index (χ2n) is 9.71. The van der Waals surface area contributed by atoms with Crippen LogP contribution in [0.15, 0.2) is 48.7 Å². The molecule has 0 spiro atoms. The van der Waals surface area contributed by atoms with Gasteiger partial charge >= 0.3 is 6.09 Å². The van der Waals surface area contributed by atoms with E-state index in [0.717, 1.165) is 22.2 Å². The molecule has 0 unspecified atom stereocenters. The minimum absolute atomic E-state index is 0.0171. The van der Waals surface area contributed by atoms with Crippen LogP contribution in [0.4, 0.5) is 16.2 Å². The average molecular weight is 505 g/mol. The molecule has 2 amide bonds. The Morgan fingerprint density at radius 2 is 2.00 bits per heavy atom. The highest BCUT2D eigenvalue weighted by molar-refractivity contribution is 5.97. The topological polar surface area (TPSA) is 113 Å². The van der Waals surface area contributed by atoms with Crippen molar-refractivity contribution >= 4 is 34.3 Å². The summed E-state index contributed by atoms with van der Waals surface area (Å²) >= 11 is 0. The highest BCUT2D eigenvalue weighted by Crippen LogP contribution is 2.38. The van der Waals surface area contributed by atoms with Crippen LogP contribution in [0.5, 0.6) is 11.5 Å². The van der Waals surface area contributed by atoms with Gasteiger partial charge < -0.3 is 24.6 Å². The quantitative estimate of drug-likeness (QED) is 0.546. The molecular weight excluding hydrogens is 476 g/mol. The lowest BCUT2D eigenvalue weighted by atomic mass is 9.82. The first kappa shape index (κ1) is 23.5. The molecule has 2 saturated heterocycles. The van der Waals surface area contributed by atoms with Crippen LogP contribution < -0.4 is 19.7 Å². The summed E-state index contributed by atoms with van der Waals surface area (Å²) in [5, 5.41) is 15.3.